The van der Waals surface area contributed by atoms with Gasteiger partial charge in [0.05, 0.1) is 28.6 Å². The number of hydrogen-bond acceptors (Lipinski definition) is 5. The van der Waals surface area contributed by atoms with E-state index in [1.807, 2.05) is 0 Å². The highest BCUT2D eigenvalue weighted by atomic mass is 32.2. The molecule has 0 unspecified atom stereocenters. The summed E-state index contributed by atoms with van der Waals surface area (Å²) in [6.45, 7) is 3.33. The van der Waals surface area contributed by atoms with Crippen LogP contribution < -0.4 is 4.72 Å². The van der Waals surface area contributed by atoms with Crippen LogP contribution in [-0.2, 0) is 19.9 Å². The Bertz CT molecular complexity index is 581. The smallest absolute Gasteiger partial charge is 0.233 e. The van der Waals surface area contributed by atoms with E-state index in [4.69, 9.17) is 0 Å². The van der Waals surface area contributed by atoms with Gasteiger partial charge in [-0.15, -0.1) is 0 Å². The lowest BCUT2D eigenvalue weighted by atomic mass is 10.3. The SMILES string of the molecule is Cc1n[nH]c(C)c1NS(=O)(=O)CCS(C)(=O)=O. The average Bonchev–Trinajstić information content (AvgIpc) is 2.45. The molecule has 1 aromatic rings. The van der Waals surface area contributed by atoms with Crippen LogP contribution in [0.5, 0.6) is 0 Å². The maximum absolute atomic E-state index is 11.6. The summed E-state index contributed by atoms with van der Waals surface area (Å²) in [5.41, 5.74) is 1.48. The van der Waals surface area contributed by atoms with Crippen molar-refractivity contribution in [2.24, 2.45) is 0 Å². The van der Waals surface area contributed by atoms with E-state index in [-0.39, 0.29) is 0 Å². The number of rotatable bonds is 5. The lowest BCUT2D eigenvalue weighted by Gasteiger charge is -2.07. The Balaban J connectivity index is 2.81. The van der Waals surface area contributed by atoms with Crippen LogP contribution in [0.15, 0.2) is 0 Å². The topological polar surface area (TPSA) is 109 Å². The summed E-state index contributed by atoms with van der Waals surface area (Å²) in [5, 5.41) is 6.48. The van der Waals surface area contributed by atoms with Crippen molar-refractivity contribution >= 4 is 25.5 Å². The molecule has 0 fully saturated rings. The monoisotopic (exact) mass is 281 g/mol. The molecular weight excluding hydrogens is 266 g/mol. The van der Waals surface area contributed by atoms with E-state index in [0.717, 1.165) is 6.26 Å². The molecule has 1 rings (SSSR count). The summed E-state index contributed by atoms with van der Waals surface area (Å²) in [6.07, 6.45) is 0.997. The van der Waals surface area contributed by atoms with E-state index in [0.29, 0.717) is 17.1 Å². The van der Waals surface area contributed by atoms with Crippen LogP contribution in [0.25, 0.3) is 0 Å². The van der Waals surface area contributed by atoms with Crippen LogP contribution in [0.3, 0.4) is 0 Å². The second-order valence-corrected chi connectivity index (χ2v) is 7.96. The van der Waals surface area contributed by atoms with E-state index in [9.17, 15) is 16.8 Å². The molecule has 1 aromatic heterocycles. The Labute approximate surface area is 101 Å². The number of sulfone groups is 1. The van der Waals surface area contributed by atoms with Gasteiger partial charge in [-0.3, -0.25) is 9.82 Å². The zero-order valence-electron chi connectivity index (χ0n) is 9.81. The van der Waals surface area contributed by atoms with Crippen molar-refractivity contribution in [1.82, 2.24) is 10.2 Å². The Morgan fingerprint density at radius 1 is 1.18 bits per heavy atom. The van der Waals surface area contributed by atoms with Crippen molar-refractivity contribution < 1.29 is 16.8 Å². The fourth-order valence-corrected chi connectivity index (χ4v) is 3.97. The molecule has 0 spiro atoms. The van der Waals surface area contributed by atoms with Crippen molar-refractivity contribution in [3.8, 4) is 0 Å². The predicted molar refractivity (Wildman–Crippen MR) is 65.2 cm³/mol. The quantitative estimate of drug-likeness (QED) is 0.777. The van der Waals surface area contributed by atoms with Gasteiger partial charge in [-0.2, -0.15) is 5.10 Å². The Kier molecular flexibility index (Phi) is 3.82. The fraction of sp³-hybridized carbons (Fsp3) is 0.625. The van der Waals surface area contributed by atoms with E-state index < -0.39 is 31.4 Å². The molecule has 0 atom stereocenters. The summed E-state index contributed by atoms with van der Waals surface area (Å²) in [4.78, 5) is 0. The van der Waals surface area contributed by atoms with Crippen LogP contribution in [0.2, 0.25) is 0 Å². The van der Waals surface area contributed by atoms with Crippen LogP contribution in [0, 0.1) is 13.8 Å². The molecule has 0 bridgehead atoms. The first-order chi connectivity index (χ1) is 7.61. The van der Waals surface area contributed by atoms with Gasteiger partial charge in [0.2, 0.25) is 10.0 Å². The van der Waals surface area contributed by atoms with Gasteiger partial charge in [-0.05, 0) is 13.8 Å². The molecule has 0 aliphatic rings. The minimum absolute atomic E-state index is 0.374. The molecule has 0 amide bonds. The lowest BCUT2D eigenvalue weighted by molar-refractivity contribution is 0.593. The van der Waals surface area contributed by atoms with Crippen LogP contribution in [-0.4, -0.2) is 44.8 Å². The third-order valence-corrected chi connectivity index (χ3v) is 4.57. The molecular formula is C8H15N3O4S2. The summed E-state index contributed by atoms with van der Waals surface area (Å²) in [6, 6.07) is 0. The number of aromatic nitrogens is 2. The fourth-order valence-electron chi connectivity index (χ4n) is 1.17. The van der Waals surface area contributed by atoms with Crippen molar-refractivity contribution in [2.75, 3.05) is 22.5 Å². The molecule has 0 saturated heterocycles. The van der Waals surface area contributed by atoms with Crippen molar-refractivity contribution in [3.63, 3.8) is 0 Å². The Morgan fingerprint density at radius 3 is 2.18 bits per heavy atom. The first kappa shape index (κ1) is 14.0. The number of nitrogens with zero attached hydrogens (tertiary/aromatic N) is 1. The summed E-state index contributed by atoms with van der Waals surface area (Å²) in [7, 11) is -6.97. The maximum atomic E-state index is 11.6. The van der Waals surface area contributed by atoms with Crippen molar-refractivity contribution in [1.29, 1.82) is 0 Å². The van der Waals surface area contributed by atoms with E-state index >= 15 is 0 Å². The van der Waals surface area contributed by atoms with Gasteiger partial charge in [0.15, 0.2) is 0 Å². The molecule has 0 saturated carbocycles. The maximum Gasteiger partial charge on any atom is 0.233 e. The highest BCUT2D eigenvalue weighted by Gasteiger charge is 2.17. The van der Waals surface area contributed by atoms with Gasteiger partial charge in [-0.25, -0.2) is 16.8 Å². The first-order valence-electron chi connectivity index (χ1n) is 4.80. The summed E-state index contributed by atoms with van der Waals surface area (Å²) >= 11 is 0. The van der Waals surface area contributed by atoms with Gasteiger partial charge in [0.1, 0.15) is 9.84 Å². The minimum atomic E-state index is -3.67. The number of nitrogens with one attached hydrogen (secondary N) is 2. The molecule has 0 aliphatic carbocycles. The van der Waals surface area contributed by atoms with Crippen molar-refractivity contribution in [2.45, 2.75) is 13.8 Å². The molecule has 17 heavy (non-hydrogen) atoms. The molecule has 2 N–H and O–H groups in total. The van der Waals surface area contributed by atoms with Crippen LogP contribution in [0.4, 0.5) is 5.69 Å². The molecule has 0 radical (unpaired) electrons. The second-order valence-electron chi connectivity index (χ2n) is 3.86. The number of aromatic amines is 1. The normalized spacial score (nSPS) is 12.6. The second kappa shape index (κ2) is 4.65. The van der Waals surface area contributed by atoms with Gasteiger partial charge in [0, 0.05) is 6.26 Å². The van der Waals surface area contributed by atoms with Gasteiger partial charge in [0.25, 0.3) is 0 Å². The van der Waals surface area contributed by atoms with E-state index in [2.05, 4.69) is 14.9 Å². The van der Waals surface area contributed by atoms with E-state index in [1.165, 1.54) is 0 Å². The largest absolute Gasteiger partial charge is 0.280 e. The third-order valence-electron chi connectivity index (χ3n) is 2.11. The van der Waals surface area contributed by atoms with Gasteiger partial charge >= 0.3 is 0 Å². The molecule has 98 valence electrons. The lowest BCUT2D eigenvalue weighted by Crippen LogP contribution is -2.22. The number of sulfonamides is 1. The third kappa shape index (κ3) is 4.35. The zero-order valence-corrected chi connectivity index (χ0v) is 11.4. The zero-order chi connectivity index (χ0) is 13.3. The minimum Gasteiger partial charge on any atom is -0.280 e. The molecule has 7 nitrogen and oxygen atoms in total. The van der Waals surface area contributed by atoms with Crippen LogP contribution in [0.1, 0.15) is 11.4 Å². The molecule has 9 heteroatoms. The standard InChI is InChI=1S/C8H15N3O4S2/c1-6-8(7(2)10-9-6)11-17(14,15)5-4-16(3,12)13/h11H,4-5H2,1-3H3,(H,9,10). The average molecular weight is 281 g/mol. The van der Waals surface area contributed by atoms with Gasteiger partial charge < -0.3 is 0 Å². The van der Waals surface area contributed by atoms with E-state index in [1.54, 1.807) is 13.8 Å². The Hall–Kier alpha value is -1.09. The first-order valence-corrected chi connectivity index (χ1v) is 8.52. The Morgan fingerprint density at radius 2 is 1.76 bits per heavy atom. The predicted octanol–water partition coefficient (Wildman–Crippen LogP) is -0.187. The summed E-state index contributed by atoms with van der Waals surface area (Å²) < 4.78 is 47.4. The molecule has 1 heterocycles. The highest BCUT2D eigenvalue weighted by Crippen LogP contribution is 2.17. The number of anilines is 1. The number of aryl methyl sites for hydroxylation is 2. The van der Waals surface area contributed by atoms with Gasteiger partial charge in [-0.1, -0.05) is 0 Å². The molecule has 0 aromatic carbocycles. The summed E-state index contributed by atoms with van der Waals surface area (Å²) in [5.74, 6) is -0.867. The van der Waals surface area contributed by atoms with Crippen LogP contribution >= 0.6 is 0 Å². The number of H-pyrrole nitrogens is 1. The highest BCUT2D eigenvalue weighted by molar-refractivity contribution is 7.95. The van der Waals surface area contributed by atoms with Crippen molar-refractivity contribution in [3.05, 3.63) is 11.4 Å². The molecule has 0 aliphatic heterocycles. The number of hydrogen-bond donors (Lipinski definition) is 2.